The Labute approximate surface area is 122 Å². The van der Waals surface area contributed by atoms with Crippen molar-refractivity contribution >= 4 is 34.6 Å². The van der Waals surface area contributed by atoms with Gasteiger partial charge in [0.15, 0.2) is 4.96 Å². The molecule has 0 atom stereocenters. The van der Waals surface area contributed by atoms with Gasteiger partial charge >= 0.3 is 0 Å². The van der Waals surface area contributed by atoms with E-state index in [9.17, 15) is 4.79 Å². The van der Waals surface area contributed by atoms with Gasteiger partial charge in [0.25, 0.3) is 5.91 Å². The SMILES string of the molecule is CN(C(=O)c1cn2ccnc2s1)C1CCCCC1.Cl. The smallest absolute Gasteiger partial charge is 0.265 e. The summed E-state index contributed by atoms with van der Waals surface area (Å²) in [7, 11) is 1.93. The molecule has 1 fully saturated rings. The summed E-state index contributed by atoms with van der Waals surface area (Å²) in [4.78, 5) is 20.2. The molecule has 0 aliphatic heterocycles. The van der Waals surface area contributed by atoms with E-state index in [1.54, 1.807) is 6.20 Å². The van der Waals surface area contributed by atoms with E-state index in [2.05, 4.69) is 4.98 Å². The van der Waals surface area contributed by atoms with Crippen LogP contribution in [0.3, 0.4) is 0 Å². The van der Waals surface area contributed by atoms with Gasteiger partial charge in [-0.1, -0.05) is 30.6 Å². The fraction of sp³-hybridized carbons (Fsp3) is 0.538. The molecule has 0 aromatic carbocycles. The van der Waals surface area contributed by atoms with E-state index in [1.807, 2.05) is 28.7 Å². The number of nitrogens with zero attached hydrogens (tertiary/aromatic N) is 3. The molecule has 0 unspecified atom stereocenters. The molecule has 19 heavy (non-hydrogen) atoms. The highest BCUT2D eigenvalue weighted by molar-refractivity contribution is 7.18. The molecule has 0 radical (unpaired) electrons. The van der Waals surface area contributed by atoms with E-state index >= 15 is 0 Å². The first-order valence-electron chi connectivity index (χ1n) is 6.45. The van der Waals surface area contributed by atoms with Crippen LogP contribution in [0, 0.1) is 0 Å². The summed E-state index contributed by atoms with van der Waals surface area (Å²) in [6.45, 7) is 0. The second-order valence-electron chi connectivity index (χ2n) is 4.92. The number of hydrogen-bond acceptors (Lipinski definition) is 3. The van der Waals surface area contributed by atoms with Gasteiger partial charge in [0, 0.05) is 31.7 Å². The number of thiazole rings is 1. The fourth-order valence-corrected chi connectivity index (χ4v) is 3.56. The van der Waals surface area contributed by atoms with Gasteiger partial charge in [0.05, 0.1) is 0 Å². The van der Waals surface area contributed by atoms with Crippen LogP contribution in [0.4, 0.5) is 0 Å². The molecule has 6 heteroatoms. The Morgan fingerprint density at radius 2 is 2.16 bits per heavy atom. The Morgan fingerprint density at radius 1 is 1.42 bits per heavy atom. The Kier molecular flexibility index (Phi) is 4.47. The third-order valence-corrected chi connectivity index (χ3v) is 4.74. The number of carbonyl (C=O) groups excluding carboxylic acids is 1. The number of rotatable bonds is 2. The fourth-order valence-electron chi connectivity index (χ4n) is 2.63. The molecule has 2 heterocycles. The molecule has 1 amide bonds. The van der Waals surface area contributed by atoms with Gasteiger partial charge in [-0.2, -0.15) is 0 Å². The molecule has 0 saturated heterocycles. The van der Waals surface area contributed by atoms with Gasteiger partial charge in [-0.05, 0) is 12.8 Å². The lowest BCUT2D eigenvalue weighted by Gasteiger charge is -2.30. The van der Waals surface area contributed by atoms with Gasteiger partial charge in [0.2, 0.25) is 0 Å². The average molecular weight is 300 g/mol. The zero-order chi connectivity index (χ0) is 12.5. The lowest BCUT2D eigenvalue weighted by atomic mass is 9.94. The van der Waals surface area contributed by atoms with Crippen molar-refractivity contribution in [1.29, 1.82) is 0 Å². The summed E-state index contributed by atoms with van der Waals surface area (Å²) in [6, 6.07) is 0.417. The molecule has 0 N–H and O–H groups in total. The lowest BCUT2D eigenvalue weighted by molar-refractivity contribution is 0.0701. The second-order valence-corrected chi connectivity index (χ2v) is 5.93. The summed E-state index contributed by atoms with van der Waals surface area (Å²) >= 11 is 1.47. The van der Waals surface area contributed by atoms with Crippen LogP contribution in [-0.4, -0.2) is 33.3 Å². The molecule has 1 saturated carbocycles. The van der Waals surface area contributed by atoms with Crippen molar-refractivity contribution in [1.82, 2.24) is 14.3 Å². The first-order chi connectivity index (χ1) is 8.75. The molecule has 104 valence electrons. The molecule has 0 spiro atoms. The summed E-state index contributed by atoms with van der Waals surface area (Å²) in [6.07, 6.45) is 11.6. The summed E-state index contributed by atoms with van der Waals surface area (Å²) in [5, 5.41) is 0. The normalized spacial score (nSPS) is 16.3. The highest BCUT2D eigenvalue weighted by Gasteiger charge is 2.24. The van der Waals surface area contributed by atoms with Crippen molar-refractivity contribution in [3.05, 3.63) is 23.5 Å². The number of hydrogen-bond donors (Lipinski definition) is 0. The van der Waals surface area contributed by atoms with Crippen molar-refractivity contribution < 1.29 is 4.79 Å². The molecule has 0 bridgehead atoms. The van der Waals surface area contributed by atoms with Crippen molar-refractivity contribution in [2.45, 2.75) is 38.1 Å². The van der Waals surface area contributed by atoms with Gasteiger partial charge < -0.3 is 4.90 Å². The minimum absolute atomic E-state index is 0. The first kappa shape index (κ1) is 14.3. The molecular weight excluding hydrogens is 282 g/mol. The maximum atomic E-state index is 12.4. The van der Waals surface area contributed by atoms with Gasteiger partial charge in [-0.15, -0.1) is 12.4 Å². The van der Waals surface area contributed by atoms with E-state index in [4.69, 9.17) is 0 Å². The zero-order valence-corrected chi connectivity index (χ0v) is 12.5. The zero-order valence-electron chi connectivity index (χ0n) is 10.9. The van der Waals surface area contributed by atoms with Crippen molar-refractivity contribution in [2.24, 2.45) is 0 Å². The maximum Gasteiger partial charge on any atom is 0.265 e. The highest BCUT2D eigenvalue weighted by atomic mass is 35.5. The third-order valence-electron chi connectivity index (χ3n) is 3.74. The number of amides is 1. The molecular formula is C13H18ClN3OS. The Bertz CT molecular complexity index is 530. The Morgan fingerprint density at radius 3 is 2.84 bits per heavy atom. The minimum atomic E-state index is 0. The van der Waals surface area contributed by atoms with Crippen LogP contribution >= 0.6 is 23.7 Å². The van der Waals surface area contributed by atoms with E-state index in [1.165, 1.54) is 30.6 Å². The third kappa shape index (κ3) is 2.77. The largest absolute Gasteiger partial charge is 0.338 e. The Balaban J connectivity index is 0.00000133. The van der Waals surface area contributed by atoms with E-state index < -0.39 is 0 Å². The second kappa shape index (κ2) is 5.92. The molecule has 3 rings (SSSR count). The number of imidazole rings is 1. The van der Waals surface area contributed by atoms with Crippen LogP contribution < -0.4 is 0 Å². The molecule has 1 aliphatic rings. The van der Waals surface area contributed by atoms with Gasteiger partial charge in [-0.3, -0.25) is 9.20 Å². The van der Waals surface area contributed by atoms with Crippen molar-refractivity contribution in [3.63, 3.8) is 0 Å². The summed E-state index contributed by atoms with van der Waals surface area (Å²) in [5.41, 5.74) is 0. The predicted octanol–water partition coefficient (Wildman–Crippen LogP) is 3.22. The first-order valence-corrected chi connectivity index (χ1v) is 7.27. The number of aromatic nitrogens is 2. The summed E-state index contributed by atoms with van der Waals surface area (Å²) < 4.78 is 1.91. The van der Waals surface area contributed by atoms with E-state index in [0.29, 0.717) is 6.04 Å². The standard InChI is InChI=1S/C13H17N3OS.ClH/c1-15(10-5-3-2-4-6-10)12(17)11-9-16-8-7-14-13(16)18-11;/h7-10H,2-6H2,1H3;1H. The molecule has 2 aromatic heterocycles. The molecule has 1 aliphatic carbocycles. The van der Waals surface area contributed by atoms with Crippen LogP contribution in [0.2, 0.25) is 0 Å². The van der Waals surface area contributed by atoms with Crippen molar-refractivity contribution in [3.8, 4) is 0 Å². The monoisotopic (exact) mass is 299 g/mol. The topological polar surface area (TPSA) is 37.6 Å². The van der Waals surface area contributed by atoms with Gasteiger partial charge in [-0.25, -0.2) is 4.98 Å². The number of carbonyl (C=O) groups is 1. The van der Waals surface area contributed by atoms with E-state index in [0.717, 1.165) is 22.7 Å². The summed E-state index contributed by atoms with van der Waals surface area (Å²) in [5.74, 6) is 0.136. The predicted molar refractivity (Wildman–Crippen MR) is 79.3 cm³/mol. The van der Waals surface area contributed by atoms with E-state index in [-0.39, 0.29) is 18.3 Å². The minimum Gasteiger partial charge on any atom is -0.338 e. The quantitative estimate of drug-likeness (QED) is 0.854. The van der Waals surface area contributed by atoms with Crippen molar-refractivity contribution in [2.75, 3.05) is 7.05 Å². The van der Waals surface area contributed by atoms with Crippen LogP contribution in [0.25, 0.3) is 4.96 Å². The average Bonchev–Trinajstić information content (AvgIpc) is 2.99. The number of halogens is 1. The van der Waals surface area contributed by atoms with Crippen LogP contribution in [0.1, 0.15) is 41.8 Å². The highest BCUT2D eigenvalue weighted by Crippen LogP contribution is 2.24. The van der Waals surface area contributed by atoms with Crippen LogP contribution in [-0.2, 0) is 0 Å². The van der Waals surface area contributed by atoms with Gasteiger partial charge in [0.1, 0.15) is 4.88 Å². The molecule has 4 nitrogen and oxygen atoms in total. The molecule has 2 aromatic rings. The lowest BCUT2D eigenvalue weighted by Crippen LogP contribution is -2.37. The number of fused-ring (bicyclic) bond motifs is 1. The maximum absolute atomic E-state index is 12.4. The van der Waals surface area contributed by atoms with Crippen LogP contribution in [0.5, 0.6) is 0 Å². The van der Waals surface area contributed by atoms with Crippen LogP contribution in [0.15, 0.2) is 18.6 Å². The Hall–Kier alpha value is -1.07.